The highest BCUT2D eigenvalue weighted by molar-refractivity contribution is 5.80. The van der Waals surface area contributed by atoms with E-state index in [2.05, 4.69) is 11.0 Å². The topological polar surface area (TPSA) is 65.8 Å². The molecule has 6 nitrogen and oxygen atoms in total. The van der Waals surface area contributed by atoms with E-state index >= 15 is 0 Å². The number of carbonyl (C=O) groups excluding carboxylic acids is 1. The van der Waals surface area contributed by atoms with Gasteiger partial charge in [-0.25, -0.2) is 0 Å². The van der Waals surface area contributed by atoms with E-state index in [1.165, 1.54) is 6.42 Å². The van der Waals surface area contributed by atoms with Crippen LogP contribution in [0.15, 0.2) is 24.3 Å². The fourth-order valence-electron chi connectivity index (χ4n) is 3.74. The maximum absolute atomic E-state index is 12.8. The van der Waals surface area contributed by atoms with Crippen LogP contribution in [-0.2, 0) is 14.3 Å². The molecule has 3 rings (SSSR count). The van der Waals surface area contributed by atoms with E-state index in [1.54, 1.807) is 0 Å². The Morgan fingerprint density at radius 3 is 2.89 bits per heavy atom. The van der Waals surface area contributed by atoms with Gasteiger partial charge in [-0.2, -0.15) is 5.26 Å². The number of benzene rings is 1. The number of amides is 1. The first kappa shape index (κ1) is 19.7. The molecule has 0 spiro atoms. The second-order valence-corrected chi connectivity index (χ2v) is 7.26. The SMILES string of the molecule is C[C@H](OC[C@@H]1CCCCO1)C(=O)N1CCCN(c2ccccc2C#N)CC1. The summed E-state index contributed by atoms with van der Waals surface area (Å²) in [6.45, 7) is 6.05. The number of ether oxygens (including phenoxy) is 2. The molecular formula is C21H29N3O3. The van der Waals surface area contributed by atoms with Crippen molar-refractivity contribution in [2.75, 3.05) is 44.3 Å². The highest BCUT2D eigenvalue weighted by Crippen LogP contribution is 2.21. The predicted octanol–water partition coefficient (Wildman–Crippen LogP) is 2.57. The van der Waals surface area contributed by atoms with E-state index in [0.29, 0.717) is 18.7 Å². The average Bonchev–Trinajstić information content (AvgIpc) is 2.98. The highest BCUT2D eigenvalue weighted by Gasteiger charge is 2.25. The zero-order valence-corrected chi connectivity index (χ0v) is 16.1. The van der Waals surface area contributed by atoms with Crippen LogP contribution in [0.3, 0.4) is 0 Å². The fourth-order valence-corrected chi connectivity index (χ4v) is 3.74. The van der Waals surface area contributed by atoms with Gasteiger partial charge in [-0.05, 0) is 44.7 Å². The summed E-state index contributed by atoms with van der Waals surface area (Å²) < 4.78 is 11.5. The summed E-state index contributed by atoms with van der Waals surface area (Å²) in [4.78, 5) is 16.9. The molecule has 2 saturated heterocycles. The predicted molar refractivity (Wildman–Crippen MR) is 104 cm³/mol. The van der Waals surface area contributed by atoms with Crippen molar-refractivity contribution < 1.29 is 14.3 Å². The number of carbonyl (C=O) groups is 1. The largest absolute Gasteiger partial charge is 0.376 e. The van der Waals surface area contributed by atoms with E-state index in [9.17, 15) is 10.1 Å². The van der Waals surface area contributed by atoms with Crippen molar-refractivity contribution in [1.82, 2.24) is 4.90 Å². The van der Waals surface area contributed by atoms with Crippen molar-refractivity contribution in [3.63, 3.8) is 0 Å². The van der Waals surface area contributed by atoms with Crippen LogP contribution >= 0.6 is 0 Å². The molecule has 0 saturated carbocycles. The number of nitriles is 1. The molecule has 2 heterocycles. The van der Waals surface area contributed by atoms with Crippen LogP contribution in [-0.4, -0.2) is 62.4 Å². The van der Waals surface area contributed by atoms with Crippen molar-refractivity contribution in [1.29, 1.82) is 5.26 Å². The van der Waals surface area contributed by atoms with Gasteiger partial charge in [0.15, 0.2) is 0 Å². The van der Waals surface area contributed by atoms with Crippen LogP contribution in [0.5, 0.6) is 0 Å². The zero-order chi connectivity index (χ0) is 19.1. The molecule has 0 aromatic heterocycles. The van der Waals surface area contributed by atoms with E-state index in [1.807, 2.05) is 36.1 Å². The van der Waals surface area contributed by atoms with Gasteiger partial charge in [-0.3, -0.25) is 4.79 Å². The van der Waals surface area contributed by atoms with Crippen LogP contribution in [0.4, 0.5) is 5.69 Å². The van der Waals surface area contributed by atoms with Crippen LogP contribution in [0.1, 0.15) is 38.2 Å². The number of rotatable bonds is 5. The molecule has 1 amide bonds. The molecular weight excluding hydrogens is 342 g/mol. The third-order valence-corrected chi connectivity index (χ3v) is 5.33. The average molecular weight is 371 g/mol. The van der Waals surface area contributed by atoms with Gasteiger partial charge in [0.05, 0.1) is 24.0 Å². The third kappa shape index (κ3) is 5.21. The lowest BCUT2D eigenvalue weighted by Crippen LogP contribution is -2.42. The second kappa shape index (κ2) is 9.72. The van der Waals surface area contributed by atoms with Crippen LogP contribution in [0, 0.1) is 11.3 Å². The van der Waals surface area contributed by atoms with Crippen LogP contribution in [0.25, 0.3) is 0 Å². The Bertz CT molecular complexity index is 667. The van der Waals surface area contributed by atoms with Crippen molar-refractivity contribution in [2.45, 2.75) is 44.8 Å². The normalized spacial score (nSPS) is 22.0. The van der Waals surface area contributed by atoms with Crippen molar-refractivity contribution >= 4 is 11.6 Å². The Morgan fingerprint density at radius 2 is 2.11 bits per heavy atom. The first-order valence-electron chi connectivity index (χ1n) is 9.95. The van der Waals surface area contributed by atoms with E-state index in [4.69, 9.17) is 9.47 Å². The molecule has 27 heavy (non-hydrogen) atoms. The van der Waals surface area contributed by atoms with Gasteiger partial charge >= 0.3 is 0 Å². The molecule has 2 aliphatic heterocycles. The molecule has 6 heteroatoms. The first-order chi connectivity index (χ1) is 13.2. The minimum Gasteiger partial charge on any atom is -0.376 e. The molecule has 146 valence electrons. The molecule has 0 radical (unpaired) electrons. The summed E-state index contributed by atoms with van der Waals surface area (Å²) in [7, 11) is 0. The van der Waals surface area contributed by atoms with Gasteiger partial charge in [0.1, 0.15) is 12.2 Å². The molecule has 2 aliphatic rings. The number of hydrogen-bond acceptors (Lipinski definition) is 5. The maximum Gasteiger partial charge on any atom is 0.251 e. The van der Waals surface area contributed by atoms with Crippen molar-refractivity contribution in [3.05, 3.63) is 29.8 Å². The van der Waals surface area contributed by atoms with Crippen LogP contribution in [0.2, 0.25) is 0 Å². The second-order valence-electron chi connectivity index (χ2n) is 7.26. The molecule has 1 aromatic carbocycles. The number of nitrogens with zero attached hydrogens (tertiary/aromatic N) is 3. The molecule has 0 N–H and O–H groups in total. The fraction of sp³-hybridized carbons (Fsp3) is 0.619. The van der Waals surface area contributed by atoms with Crippen molar-refractivity contribution in [2.24, 2.45) is 0 Å². The molecule has 1 aromatic rings. The summed E-state index contributed by atoms with van der Waals surface area (Å²) in [6, 6.07) is 9.91. The summed E-state index contributed by atoms with van der Waals surface area (Å²) >= 11 is 0. The number of para-hydroxylation sites is 1. The van der Waals surface area contributed by atoms with Crippen LogP contribution < -0.4 is 4.90 Å². The quantitative estimate of drug-likeness (QED) is 0.796. The summed E-state index contributed by atoms with van der Waals surface area (Å²) in [6.07, 6.45) is 3.85. The molecule has 0 bridgehead atoms. The number of anilines is 1. The monoisotopic (exact) mass is 371 g/mol. The highest BCUT2D eigenvalue weighted by atomic mass is 16.5. The van der Waals surface area contributed by atoms with Gasteiger partial charge in [0, 0.05) is 32.8 Å². The molecule has 0 unspecified atom stereocenters. The van der Waals surface area contributed by atoms with E-state index in [-0.39, 0.29) is 12.0 Å². The Kier molecular flexibility index (Phi) is 7.08. The summed E-state index contributed by atoms with van der Waals surface area (Å²) in [5.41, 5.74) is 1.63. The Morgan fingerprint density at radius 1 is 1.26 bits per heavy atom. The maximum atomic E-state index is 12.8. The van der Waals surface area contributed by atoms with E-state index in [0.717, 1.165) is 51.2 Å². The zero-order valence-electron chi connectivity index (χ0n) is 16.1. The Balaban J connectivity index is 1.52. The van der Waals surface area contributed by atoms with Gasteiger partial charge < -0.3 is 19.3 Å². The molecule has 2 atom stereocenters. The standard InChI is InChI=1S/C21H29N3O3/c1-17(27-16-19-8-4-5-14-26-19)21(25)24-11-6-10-23(12-13-24)20-9-3-2-7-18(20)15-22/h2-3,7,9,17,19H,4-6,8,10-14,16H2,1H3/t17-,19-/m0/s1. The molecule has 0 aliphatic carbocycles. The minimum absolute atomic E-state index is 0.0428. The van der Waals surface area contributed by atoms with Crippen molar-refractivity contribution in [3.8, 4) is 6.07 Å². The van der Waals surface area contributed by atoms with Gasteiger partial charge in [-0.1, -0.05) is 12.1 Å². The Hall–Kier alpha value is -2.10. The third-order valence-electron chi connectivity index (χ3n) is 5.33. The van der Waals surface area contributed by atoms with E-state index < -0.39 is 6.10 Å². The van der Waals surface area contributed by atoms with Gasteiger partial charge in [0.2, 0.25) is 0 Å². The summed E-state index contributed by atoms with van der Waals surface area (Å²) in [5, 5.41) is 9.33. The first-order valence-corrected chi connectivity index (χ1v) is 9.95. The lowest BCUT2D eigenvalue weighted by atomic mass is 10.1. The smallest absolute Gasteiger partial charge is 0.251 e. The lowest BCUT2D eigenvalue weighted by molar-refractivity contribution is -0.145. The Labute approximate surface area is 161 Å². The van der Waals surface area contributed by atoms with Gasteiger partial charge in [0.25, 0.3) is 5.91 Å². The van der Waals surface area contributed by atoms with Gasteiger partial charge in [-0.15, -0.1) is 0 Å². The number of hydrogen-bond donors (Lipinski definition) is 0. The lowest BCUT2D eigenvalue weighted by Gasteiger charge is -2.27. The minimum atomic E-state index is -0.450. The molecule has 2 fully saturated rings. The summed E-state index contributed by atoms with van der Waals surface area (Å²) in [5.74, 6) is 0.0428.